The van der Waals surface area contributed by atoms with Crippen LogP contribution < -0.4 is 0 Å². The molecule has 0 aromatic rings. The summed E-state index contributed by atoms with van der Waals surface area (Å²) in [5.74, 6) is -1.48. The number of phosphoric acid groups is 1. The van der Waals surface area contributed by atoms with Crippen LogP contribution in [0.3, 0.4) is 0 Å². The van der Waals surface area contributed by atoms with E-state index in [-0.39, 0.29) is 25.9 Å². The predicted octanol–water partition coefficient (Wildman–Crippen LogP) is 21.4. The van der Waals surface area contributed by atoms with Gasteiger partial charge in [-0.05, 0) is 122 Å². The van der Waals surface area contributed by atoms with Gasteiger partial charge in [0.25, 0.3) is 0 Å². The Morgan fingerprint density at radius 1 is 0.333 bits per heavy atom. The number of rotatable bonds is 64. The second-order valence-corrected chi connectivity index (χ2v) is 24.4. The van der Waals surface area contributed by atoms with Crippen molar-refractivity contribution in [1.29, 1.82) is 0 Å². The minimum atomic E-state index is -4.77. The zero-order chi connectivity index (χ0) is 61.2. The maximum Gasteiger partial charge on any atom is 0.472 e. The molecule has 0 aromatic carbocycles. The van der Waals surface area contributed by atoms with Crippen molar-refractivity contribution in [3.8, 4) is 0 Å². The summed E-state index contributed by atoms with van der Waals surface area (Å²) in [6.45, 7) is 4.60. The van der Waals surface area contributed by atoms with Gasteiger partial charge in [0.2, 0.25) is 0 Å². The van der Waals surface area contributed by atoms with E-state index in [9.17, 15) is 28.9 Å². The Morgan fingerprint density at radius 3 is 0.893 bits per heavy atom. The Kier molecular flexibility index (Phi) is 63.0. The van der Waals surface area contributed by atoms with Crippen molar-refractivity contribution in [3.63, 3.8) is 0 Å². The molecule has 0 aliphatic carbocycles. The summed E-state index contributed by atoms with van der Waals surface area (Å²) in [7, 11) is -4.77. The summed E-state index contributed by atoms with van der Waals surface area (Å²) < 4.78 is 39.8. The number of phosphoric ester groups is 1. The van der Waals surface area contributed by atoms with Crippen LogP contribution in [0.1, 0.15) is 316 Å². The molecule has 0 spiro atoms. The van der Waals surface area contributed by atoms with E-state index < -0.39 is 57.8 Å². The van der Waals surface area contributed by atoms with Gasteiger partial charge in [0, 0.05) is 19.3 Å². The van der Waals surface area contributed by atoms with Gasteiger partial charge in [-0.15, -0.1) is 0 Å². The second kappa shape index (κ2) is 65.6. The number of aliphatic hydroxyl groups is 1. The molecule has 0 radical (unpaired) electrons. The smallest absolute Gasteiger partial charge is 0.462 e. The summed E-state index contributed by atoms with van der Waals surface area (Å²) in [5.41, 5.74) is 0. The first-order chi connectivity index (χ1) is 41.2. The quantitative estimate of drug-likeness (QED) is 0.0197. The summed E-state index contributed by atoms with van der Waals surface area (Å²) in [6, 6.07) is 0. The number of esters is 3. The SMILES string of the molecule is CCCCC/C=C\C/C=C\C/C=C\CCCCCCCCC(=O)OC(COC(=O)CCCCCCCCCCC/C=C\C/C=C\CCCCC)COP(=O)(O)OCC(CO)OC(=O)CCCCCCCCCCC/C=C\C/C=C\CCCCC. The largest absolute Gasteiger partial charge is 0.472 e. The Bertz CT molecular complexity index is 1730. The zero-order valence-corrected chi connectivity index (χ0v) is 55.0. The van der Waals surface area contributed by atoms with Crippen molar-refractivity contribution in [3.05, 3.63) is 85.1 Å². The average molecular weight is 1200 g/mol. The van der Waals surface area contributed by atoms with E-state index in [0.717, 1.165) is 116 Å². The summed E-state index contributed by atoms with van der Waals surface area (Å²) >= 11 is 0. The number of hydrogen-bond donors (Lipinski definition) is 2. The highest BCUT2D eigenvalue weighted by molar-refractivity contribution is 7.47. The molecule has 0 aromatic heterocycles. The van der Waals surface area contributed by atoms with Crippen LogP contribution in [0, 0.1) is 0 Å². The molecule has 0 rings (SSSR count). The van der Waals surface area contributed by atoms with E-state index in [1.165, 1.54) is 141 Å². The second-order valence-electron chi connectivity index (χ2n) is 23.0. The molecule has 486 valence electrons. The summed E-state index contributed by atoms with van der Waals surface area (Å²) in [5, 5.41) is 9.88. The fourth-order valence-corrected chi connectivity index (χ4v) is 10.3. The number of carbonyl (C=O) groups excluding carboxylic acids is 3. The lowest BCUT2D eigenvalue weighted by Gasteiger charge is -2.21. The Hall–Kier alpha value is -3.34. The minimum Gasteiger partial charge on any atom is -0.462 e. The molecule has 0 bridgehead atoms. The summed E-state index contributed by atoms with van der Waals surface area (Å²) in [6.07, 6.45) is 78.0. The molecule has 12 heteroatoms. The first kappa shape index (κ1) is 80.7. The molecular weight excluding hydrogens is 1070 g/mol. The van der Waals surface area contributed by atoms with Crippen molar-refractivity contribution in [1.82, 2.24) is 0 Å². The van der Waals surface area contributed by atoms with Crippen molar-refractivity contribution >= 4 is 25.7 Å². The Balaban J connectivity index is 4.70. The Labute approximate surface area is 515 Å². The van der Waals surface area contributed by atoms with Gasteiger partial charge in [-0.3, -0.25) is 23.4 Å². The number of hydrogen-bond acceptors (Lipinski definition) is 10. The number of unbranched alkanes of at least 4 members (excludes halogenated alkanes) is 33. The lowest BCUT2D eigenvalue weighted by molar-refractivity contribution is -0.161. The molecular formula is C72H127O11P. The number of ether oxygens (including phenoxy) is 3. The van der Waals surface area contributed by atoms with Gasteiger partial charge < -0.3 is 24.2 Å². The maximum absolute atomic E-state index is 13.0. The van der Waals surface area contributed by atoms with Gasteiger partial charge in [0.05, 0.1) is 19.8 Å². The topological polar surface area (TPSA) is 155 Å². The van der Waals surface area contributed by atoms with Crippen LogP contribution in [0.25, 0.3) is 0 Å². The maximum atomic E-state index is 13.0. The van der Waals surface area contributed by atoms with Crippen LogP contribution in [0.2, 0.25) is 0 Å². The van der Waals surface area contributed by atoms with Gasteiger partial charge in [-0.2, -0.15) is 0 Å². The van der Waals surface area contributed by atoms with Gasteiger partial charge in [0.15, 0.2) is 6.10 Å². The van der Waals surface area contributed by atoms with Crippen LogP contribution in [-0.2, 0) is 42.2 Å². The molecule has 0 saturated carbocycles. The first-order valence-corrected chi connectivity index (χ1v) is 36.0. The van der Waals surface area contributed by atoms with Crippen LogP contribution in [0.15, 0.2) is 85.1 Å². The Morgan fingerprint density at radius 2 is 0.583 bits per heavy atom. The molecule has 11 nitrogen and oxygen atoms in total. The molecule has 2 N–H and O–H groups in total. The monoisotopic (exact) mass is 1200 g/mol. The van der Waals surface area contributed by atoms with Crippen LogP contribution in [0.4, 0.5) is 0 Å². The molecule has 0 aliphatic rings. The molecule has 3 atom stereocenters. The van der Waals surface area contributed by atoms with Gasteiger partial charge in [-0.25, -0.2) is 4.57 Å². The number of allylic oxidation sites excluding steroid dienone is 14. The molecule has 0 heterocycles. The molecule has 3 unspecified atom stereocenters. The third-order valence-corrected chi connectivity index (χ3v) is 15.7. The van der Waals surface area contributed by atoms with E-state index in [4.69, 9.17) is 23.3 Å². The molecule has 0 amide bonds. The van der Waals surface area contributed by atoms with Crippen molar-refractivity contribution in [2.45, 2.75) is 328 Å². The van der Waals surface area contributed by atoms with Crippen molar-refractivity contribution < 1.29 is 52.2 Å². The van der Waals surface area contributed by atoms with Crippen molar-refractivity contribution in [2.24, 2.45) is 0 Å². The standard InChI is InChI=1S/C72H127O11P/c1-4-7-10-13-16-19-22-25-28-31-34-37-40-43-46-49-52-55-58-61-70(74)79-65-69(83-72(76)63-60-57-54-51-48-45-42-39-36-33-30-27-24-21-18-15-12-9-6-3)67-81-84(77,78)80-66-68(64-73)82-71(75)62-59-56-53-50-47-44-41-38-35-32-29-26-23-20-17-14-11-8-5-2/h16-21,25-30,36,39,68-69,73H,4-15,22-24,31-35,37-38,40-67H2,1-3H3,(H,77,78)/b19-16-,20-17-,21-18-,28-25-,29-26-,30-27-,39-36-. The van der Waals surface area contributed by atoms with Crippen LogP contribution in [-0.4, -0.2) is 66.5 Å². The van der Waals surface area contributed by atoms with Gasteiger partial charge in [0.1, 0.15) is 12.7 Å². The molecule has 84 heavy (non-hydrogen) atoms. The number of carbonyl (C=O) groups is 3. The fraction of sp³-hybridized carbons (Fsp3) is 0.764. The molecule has 0 aliphatic heterocycles. The third-order valence-electron chi connectivity index (χ3n) is 14.8. The lowest BCUT2D eigenvalue weighted by atomic mass is 10.1. The van der Waals surface area contributed by atoms with Crippen molar-refractivity contribution in [2.75, 3.05) is 26.4 Å². The van der Waals surface area contributed by atoms with E-state index in [1.54, 1.807) is 0 Å². The average Bonchev–Trinajstić information content (AvgIpc) is 3.53. The lowest BCUT2D eigenvalue weighted by Crippen LogP contribution is -2.30. The van der Waals surface area contributed by atoms with Gasteiger partial charge >= 0.3 is 25.7 Å². The highest BCUT2D eigenvalue weighted by Gasteiger charge is 2.28. The third kappa shape index (κ3) is 63.2. The molecule has 0 saturated heterocycles. The highest BCUT2D eigenvalue weighted by atomic mass is 31.2. The highest BCUT2D eigenvalue weighted by Crippen LogP contribution is 2.43. The zero-order valence-electron chi connectivity index (χ0n) is 54.1. The van der Waals surface area contributed by atoms with E-state index in [1.807, 2.05) is 0 Å². The minimum absolute atomic E-state index is 0.150. The number of aliphatic hydroxyl groups excluding tert-OH is 1. The summed E-state index contributed by atoms with van der Waals surface area (Å²) in [4.78, 5) is 48.9. The normalized spacial score (nSPS) is 13.7. The van der Waals surface area contributed by atoms with Crippen LogP contribution in [0.5, 0.6) is 0 Å². The van der Waals surface area contributed by atoms with E-state index in [2.05, 4.69) is 106 Å². The van der Waals surface area contributed by atoms with Crippen LogP contribution >= 0.6 is 7.82 Å². The van der Waals surface area contributed by atoms with Gasteiger partial charge in [-0.1, -0.05) is 260 Å². The van der Waals surface area contributed by atoms with E-state index >= 15 is 0 Å². The van der Waals surface area contributed by atoms with E-state index in [0.29, 0.717) is 19.3 Å². The predicted molar refractivity (Wildman–Crippen MR) is 353 cm³/mol. The fourth-order valence-electron chi connectivity index (χ4n) is 9.48. The first-order valence-electron chi connectivity index (χ1n) is 34.5. The molecule has 0 fully saturated rings.